The normalized spacial score (nSPS) is 11.1. The van der Waals surface area contributed by atoms with Crippen LogP contribution in [0.25, 0.3) is 0 Å². The lowest BCUT2D eigenvalue weighted by atomic mass is 10.1. The Balaban J connectivity index is 3.22. The molecule has 0 bridgehead atoms. The summed E-state index contributed by atoms with van der Waals surface area (Å²) in [7, 11) is 0. The molecule has 0 rings (SSSR count). The minimum absolute atomic E-state index is 0.116. The topological polar surface area (TPSA) is 26.3 Å². The molecule has 0 aliphatic heterocycles. The van der Waals surface area contributed by atoms with Crippen molar-refractivity contribution in [2.45, 2.75) is 71.1 Å². The van der Waals surface area contributed by atoms with E-state index in [-0.39, 0.29) is 5.97 Å². The van der Waals surface area contributed by atoms with Crippen LogP contribution >= 0.6 is 11.6 Å². The molecule has 0 fully saturated rings. The SMILES string of the molecule is CCCCCCCC/C=C/COC(=O)CCCCCl. The Morgan fingerprint density at radius 1 is 1.00 bits per heavy atom. The third-order valence-corrected chi connectivity index (χ3v) is 3.26. The largest absolute Gasteiger partial charge is 0.461 e. The number of ether oxygens (including phenoxy) is 1. The van der Waals surface area contributed by atoms with Crippen molar-refractivity contribution >= 4 is 17.6 Å². The first kappa shape index (κ1) is 18.5. The van der Waals surface area contributed by atoms with Crippen molar-refractivity contribution in [3.05, 3.63) is 12.2 Å². The number of rotatable bonds is 13. The molecule has 0 unspecified atom stereocenters. The molecule has 0 spiro atoms. The minimum Gasteiger partial charge on any atom is -0.461 e. The van der Waals surface area contributed by atoms with E-state index in [1.54, 1.807) is 0 Å². The molecule has 0 aromatic heterocycles. The molecule has 0 radical (unpaired) electrons. The average Bonchev–Trinajstić information content (AvgIpc) is 2.41. The van der Waals surface area contributed by atoms with Gasteiger partial charge in [-0.1, -0.05) is 51.2 Å². The van der Waals surface area contributed by atoms with Crippen molar-refractivity contribution in [1.29, 1.82) is 0 Å². The highest BCUT2D eigenvalue weighted by molar-refractivity contribution is 6.17. The van der Waals surface area contributed by atoms with Gasteiger partial charge in [-0.05, 0) is 25.7 Å². The molecular formula is C16H29ClO2. The van der Waals surface area contributed by atoms with E-state index < -0.39 is 0 Å². The van der Waals surface area contributed by atoms with Crippen LogP contribution in [-0.4, -0.2) is 18.5 Å². The number of unbranched alkanes of at least 4 members (excludes halogenated alkanes) is 7. The molecule has 0 saturated carbocycles. The van der Waals surface area contributed by atoms with Gasteiger partial charge in [0.05, 0.1) is 0 Å². The summed E-state index contributed by atoms with van der Waals surface area (Å²) in [4.78, 5) is 11.3. The lowest BCUT2D eigenvalue weighted by molar-refractivity contribution is -0.142. The molecule has 0 saturated heterocycles. The Kier molecular flexibility index (Phi) is 15.1. The molecule has 0 aromatic carbocycles. The smallest absolute Gasteiger partial charge is 0.306 e. The van der Waals surface area contributed by atoms with Gasteiger partial charge in [-0.3, -0.25) is 4.79 Å². The monoisotopic (exact) mass is 288 g/mol. The molecule has 0 heterocycles. The zero-order valence-corrected chi connectivity index (χ0v) is 13.1. The predicted octanol–water partition coefficient (Wildman–Crippen LogP) is 5.25. The quantitative estimate of drug-likeness (QED) is 0.200. The van der Waals surface area contributed by atoms with Crippen LogP contribution in [0.3, 0.4) is 0 Å². The number of alkyl halides is 1. The molecule has 0 N–H and O–H groups in total. The summed E-state index contributed by atoms with van der Waals surface area (Å²) >= 11 is 5.54. The van der Waals surface area contributed by atoms with Crippen molar-refractivity contribution in [3.8, 4) is 0 Å². The van der Waals surface area contributed by atoms with E-state index in [2.05, 4.69) is 13.0 Å². The molecular weight excluding hydrogens is 260 g/mol. The first-order valence-electron chi connectivity index (χ1n) is 7.67. The summed E-state index contributed by atoms with van der Waals surface area (Å²) < 4.78 is 5.08. The van der Waals surface area contributed by atoms with Gasteiger partial charge in [0.15, 0.2) is 0 Å². The number of carbonyl (C=O) groups excluding carboxylic acids is 1. The van der Waals surface area contributed by atoms with Gasteiger partial charge < -0.3 is 4.74 Å². The first-order chi connectivity index (χ1) is 9.31. The van der Waals surface area contributed by atoms with Crippen molar-refractivity contribution in [3.63, 3.8) is 0 Å². The summed E-state index contributed by atoms with van der Waals surface area (Å²) in [5.41, 5.74) is 0. The van der Waals surface area contributed by atoms with E-state index in [1.165, 1.54) is 38.5 Å². The lowest BCUT2D eigenvalue weighted by Gasteiger charge is -2.01. The van der Waals surface area contributed by atoms with Crippen LogP contribution in [0.4, 0.5) is 0 Å². The summed E-state index contributed by atoms with van der Waals surface area (Å²) in [6.07, 6.45) is 15.3. The number of esters is 1. The fourth-order valence-electron chi connectivity index (χ4n) is 1.81. The zero-order chi connectivity index (χ0) is 14.2. The molecule has 112 valence electrons. The van der Waals surface area contributed by atoms with Gasteiger partial charge in [0.1, 0.15) is 6.61 Å². The van der Waals surface area contributed by atoms with Crippen molar-refractivity contribution < 1.29 is 9.53 Å². The third kappa shape index (κ3) is 15.4. The second kappa shape index (κ2) is 15.6. The van der Waals surface area contributed by atoms with E-state index in [1.807, 2.05) is 6.08 Å². The Morgan fingerprint density at radius 3 is 2.47 bits per heavy atom. The molecule has 0 atom stereocenters. The highest BCUT2D eigenvalue weighted by atomic mass is 35.5. The van der Waals surface area contributed by atoms with Crippen molar-refractivity contribution in [2.75, 3.05) is 12.5 Å². The number of allylic oxidation sites excluding steroid dienone is 1. The van der Waals surface area contributed by atoms with Crippen LogP contribution in [0.2, 0.25) is 0 Å². The number of halogens is 1. The van der Waals surface area contributed by atoms with Crippen molar-refractivity contribution in [1.82, 2.24) is 0 Å². The Labute approximate surface area is 123 Å². The van der Waals surface area contributed by atoms with Crippen LogP contribution in [0, 0.1) is 0 Å². The summed E-state index contributed by atoms with van der Waals surface area (Å²) in [5, 5.41) is 0. The van der Waals surface area contributed by atoms with Crippen LogP contribution in [0.15, 0.2) is 12.2 Å². The second-order valence-corrected chi connectivity index (χ2v) is 5.23. The van der Waals surface area contributed by atoms with Gasteiger partial charge in [0.2, 0.25) is 0 Å². The fraction of sp³-hybridized carbons (Fsp3) is 0.812. The molecule has 0 aromatic rings. The van der Waals surface area contributed by atoms with Crippen LogP contribution in [0.1, 0.15) is 71.1 Å². The molecule has 0 aliphatic rings. The number of hydrogen-bond acceptors (Lipinski definition) is 2. The predicted molar refractivity (Wildman–Crippen MR) is 82.7 cm³/mol. The molecule has 0 amide bonds. The molecule has 19 heavy (non-hydrogen) atoms. The Bertz CT molecular complexity index is 227. The Morgan fingerprint density at radius 2 is 1.74 bits per heavy atom. The van der Waals surface area contributed by atoms with Gasteiger partial charge >= 0.3 is 5.97 Å². The summed E-state index contributed by atoms with van der Waals surface area (Å²) in [6.45, 7) is 2.65. The van der Waals surface area contributed by atoms with Gasteiger partial charge in [-0.25, -0.2) is 0 Å². The van der Waals surface area contributed by atoms with E-state index in [4.69, 9.17) is 16.3 Å². The summed E-state index contributed by atoms with van der Waals surface area (Å²) in [5.74, 6) is 0.500. The Hall–Kier alpha value is -0.500. The molecule has 3 heteroatoms. The van der Waals surface area contributed by atoms with Gasteiger partial charge in [0, 0.05) is 12.3 Å². The zero-order valence-electron chi connectivity index (χ0n) is 12.3. The highest BCUT2D eigenvalue weighted by Crippen LogP contribution is 2.07. The summed E-state index contributed by atoms with van der Waals surface area (Å²) in [6, 6.07) is 0. The third-order valence-electron chi connectivity index (χ3n) is 3.00. The standard InChI is InChI=1S/C16H29ClO2/c1-2-3-4-5-6-7-8-9-12-15-19-16(18)13-10-11-14-17/h9,12H,2-8,10-11,13-15H2,1H3/b12-9+. The minimum atomic E-state index is -0.116. The highest BCUT2D eigenvalue weighted by Gasteiger charge is 2.00. The van der Waals surface area contributed by atoms with Gasteiger partial charge in [-0.15, -0.1) is 11.6 Å². The molecule has 2 nitrogen and oxygen atoms in total. The fourth-order valence-corrected chi connectivity index (χ4v) is 1.99. The van der Waals surface area contributed by atoms with Crippen LogP contribution in [-0.2, 0) is 9.53 Å². The maximum absolute atomic E-state index is 11.3. The van der Waals surface area contributed by atoms with Gasteiger partial charge in [0.25, 0.3) is 0 Å². The van der Waals surface area contributed by atoms with E-state index >= 15 is 0 Å². The number of carbonyl (C=O) groups is 1. The van der Waals surface area contributed by atoms with Crippen LogP contribution < -0.4 is 0 Å². The average molecular weight is 289 g/mol. The van der Waals surface area contributed by atoms with E-state index in [0.29, 0.717) is 18.9 Å². The van der Waals surface area contributed by atoms with E-state index in [9.17, 15) is 4.79 Å². The van der Waals surface area contributed by atoms with Crippen LogP contribution in [0.5, 0.6) is 0 Å². The first-order valence-corrected chi connectivity index (χ1v) is 8.21. The lowest BCUT2D eigenvalue weighted by Crippen LogP contribution is -2.04. The second-order valence-electron chi connectivity index (χ2n) is 4.86. The maximum atomic E-state index is 11.3. The maximum Gasteiger partial charge on any atom is 0.306 e. The van der Waals surface area contributed by atoms with Crippen molar-refractivity contribution in [2.24, 2.45) is 0 Å². The molecule has 0 aliphatic carbocycles. The van der Waals surface area contributed by atoms with E-state index in [0.717, 1.165) is 19.3 Å². The number of hydrogen-bond donors (Lipinski definition) is 0. The van der Waals surface area contributed by atoms with Gasteiger partial charge in [-0.2, -0.15) is 0 Å².